The van der Waals surface area contributed by atoms with Gasteiger partial charge in [-0.2, -0.15) is 0 Å². The zero-order valence-corrected chi connectivity index (χ0v) is 13.0. The van der Waals surface area contributed by atoms with E-state index in [9.17, 15) is 4.79 Å². The summed E-state index contributed by atoms with van der Waals surface area (Å²) in [5.41, 5.74) is 2.57. The van der Waals surface area contributed by atoms with Crippen LogP contribution in [0.2, 0.25) is 5.15 Å². The molecule has 4 nitrogen and oxygen atoms in total. The Balaban J connectivity index is 2.20. The highest BCUT2D eigenvalue weighted by Crippen LogP contribution is 2.42. The van der Waals surface area contributed by atoms with Gasteiger partial charge >= 0.3 is 0 Å². The summed E-state index contributed by atoms with van der Waals surface area (Å²) in [4.78, 5) is 21.4. The lowest BCUT2D eigenvalue weighted by Gasteiger charge is -2.27. The second-order valence-electron chi connectivity index (χ2n) is 6.15. The van der Waals surface area contributed by atoms with Gasteiger partial charge in [0.2, 0.25) is 5.91 Å². The van der Waals surface area contributed by atoms with Crippen LogP contribution >= 0.6 is 11.6 Å². The number of amides is 1. The molecule has 1 fully saturated rings. The summed E-state index contributed by atoms with van der Waals surface area (Å²) in [6.07, 6.45) is 1.67. The molecule has 1 aromatic heterocycles. The largest absolute Gasteiger partial charge is 0.345 e. The van der Waals surface area contributed by atoms with E-state index in [4.69, 9.17) is 11.6 Å². The van der Waals surface area contributed by atoms with E-state index in [0.717, 1.165) is 49.3 Å². The van der Waals surface area contributed by atoms with Gasteiger partial charge in [0.25, 0.3) is 0 Å². The molecule has 0 N–H and O–H groups in total. The van der Waals surface area contributed by atoms with Gasteiger partial charge in [0.05, 0.1) is 11.1 Å². The van der Waals surface area contributed by atoms with E-state index < -0.39 is 5.41 Å². The van der Waals surface area contributed by atoms with E-state index >= 15 is 0 Å². The van der Waals surface area contributed by atoms with Gasteiger partial charge in [0, 0.05) is 20.1 Å². The van der Waals surface area contributed by atoms with Crippen molar-refractivity contribution in [2.24, 2.45) is 0 Å². The van der Waals surface area contributed by atoms with Crippen LogP contribution in [0.3, 0.4) is 0 Å². The van der Waals surface area contributed by atoms with Crippen LogP contribution in [0.1, 0.15) is 29.7 Å². The van der Waals surface area contributed by atoms with Crippen molar-refractivity contribution in [1.29, 1.82) is 0 Å². The first-order chi connectivity index (χ1) is 9.44. The van der Waals surface area contributed by atoms with Gasteiger partial charge in [-0.25, -0.2) is 4.98 Å². The van der Waals surface area contributed by atoms with E-state index in [0.29, 0.717) is 5.15 Å². The van der Waals surface area contributed by atoms with Gasteiger partial charge in [0.15, 0.2) is 0 Å². The van der Waals surface area contributed by atoms with E-state index in [1.54, 1.807) is 0 Å². The fourth-order valence-corrected chi connectivity index (χ4v) is 3.58. The lowest BCUT2D eigenvalue weighted by molar-refractivity contribution is -0.131. The zero-order chi connectivity index (χ0) is 14.5. The molecule has 0 saturated carbocycles. The molecule has 3 heterocycles. The summed E-state index contributed by atoms with van der Waals surface area (Å²) in [6.45, 7) is 4.51. The number of likely N-dealkylation sites (N-methyl/N-ethyl adjacent to an activating group) is 1. The number of halogens is 1. The quantitative estimate of drug-likeness (QED) is 0.686. The first-order valence-corrected chi connectivity index (χ1v) is 7.42. The highest BCUT2D eigenvalue weighted by atomic mass is 35.5. The maximum Gasteiger partial charge on any atom is 0.234 e. The maximum atomic E-state index is 12.7. The molecular formula is C15H20ClN3O. The second kappa shape index (κ2) is 4.71. The maximum absolute atomic E-state index is 12.7. The minimum absolute atomic E-state index is 0.196. The van der Waals surface area contributed by atoms with Crippen molar-refractivity contribution in [2.75, 3.05) is 27.2 Å². The Morgan fingerprint density at radius 3 is 2.65 bits per heavy atom. The number of likely N-dealkylation sites (tertiary alicyclic amines) is 1. The van der Waals surface area contributed by atoms with Crippen LogP contribution in [-0.2, 0) is 16.8 Å². The molecule has 1 atom stereocenters. The van der Waals surface area contributed by atoms with Gasteiger partial charge in [-0.05, 0) is 50.6 Å². The van der Waals surface area contributed by atoms with E-state index in [1.165, 1.54) is 0 Å². The molecule has 2 aliphatic rings. The Kier molecular flexibility index (Phi) is 3.26. The van der Waals surface area contributed by atoms with Gasteiger partial charge in [-0.1, -0.05) is 11.6 Å². The highest BCUT2D eigenvalue weighted by Gasteiger charge is 2.49. The van der Waals surface area contributed by atoms with Crippen molar-refractivity contribution in [1.82, 2.24) is 14.8 Å². The third-order valence-corrected chi connectivity index (χ3v) is 5.06. The number of fused-ring (bicyclic) bond motifs is 2. The van der Waals surface area contributed by atoms with E-state index in [-0.39, 0.29) is 5.91 Å². The molecule has 0 radical (unpaired) electrons. The number of carbonyl (C=O) groups is 1. The molecule has 0 aliphatic carbocycles. The van der Waals surface area contributed by atoms with Crippen LogP contribution in [-0.4, -0.2) is 47.9 Å². The average molecular weight is 294 g/mol. The van der Waals surface area contributed by atoms with Crippen molar-refractivity contribution in [3.05, 3.63) is 28.0 Å². The Labute approximate surface area is 124 Å². The predicted octanol–water partition coefficient (Wildman–Crippen LogP) is 1.98. The first kappa shape index (κ1) is 13.8. The summed E-state index contributed by atoms with van der Waals surface area (Å²) < 4.78 is 0. The molecule has 0 aromatic carbocycles. The Morgan fingerprint density at radius 1 is 1.30 bits per heavy atom. The molecule has 5 heteroatoms. The van der Waals surface area contributed by atoms with Crippen LogP contribution in [0.5, 0.6) is 0 Å². The molecule has 108 valence electrons. The molecule has 20 heavy (non-hydrogen) atoms. The molecule has 1 saturated heterocycles. The van der Waals surface area contributed by atoms with Crippen molar-refractivity contribution in [3.8, 4) is 0 Å². The minimum atomic E-state index is -0.466. The average Bonchev–Trinajstić information content (AvgIpc) is 2.61. The number of aromatic nitrogens is 1. The summed E-state index contributed by atoms with van der Waals surface area (Å²) in [5, 5.41) is 0.523. The predicted molar refractivity (Wildman–Crippen MR) is 78.9 cm³/mol. The highest BCUT2D eigenvalue weighted by molar-refractivity contribution is 6.30. The Hall–Kier alpha value is -1.13. The topological polar surface area (TPSA) is 36.4 Å². The molecule has 0 unspecified atom stereocenters. The van der Waals surface area contributed by atoms with E-state index in [2.05, 4.69) is 23.0 Å². The van der Waals surface area contributed by atoms with Crippen LogP contribution in [0.4, 0.5) is 0 Å². The van der Waals surface area contributed by atoms with Gasteiger partial charge in [-0.15, -0.1) is 0 Å². The third-order valence-electron chi connectivity index (χ3n) is 4.67. The van der Waals surface area contributed by atoms with Gasteiger partial charge in [-0.3, -0.25) is 4.79 Å². The lowest BCUT2D eigenvalue weighted by atomic mass is 9.78. The standard InChI is InChI=1S/C15H20ClN3O/c1-10-8-11-9-18(2)6-4-15(12(11)17-13(10)16)5-7-19(3)14(15)20/h8H,4-7,9H2,1-3H3/t15-/m0/s1. The molecule has 2 aliphatic heterocycles. The third kappa shape index (κ3) is 1.93. The zero-order valence-electron chi connectivity index (χ0n) is 12.2. The number of pyridine rings is 1. The number of rotatable bonds is 0. The summed E-state index contributed by atoms with van der Waals surface area (Å²) >= 11 is 6.23. The van der Waals surface area contributed by atoms with Crippen molar-refractivity contribution >= 4 is 17.5 Å². The molecule has 0 bridgehead atoms. The van der Waals surface area contributed by atoms with Crippen LogP contribution in [0.15, 0.2) is 6.07 Å². The van der Waals surface area contributed by atoms with E-state index in [1.807, 2.05) is 18.9 Å². The number of hydrogen-bond acceptors (Lipinski definition) is 3. The van der Waals surface area contributed by atoms with Crippen molar-refractivity contribution in [3.63, 3.8) is 0 Å². The van der Waals surface area contributed by atoms with Gasteiger partial charge in [0.1, 0.15) is 5.15 Å². The molecule has 1 amide bonds. The fourth-order valence-electron chi connectivity index (χ4n) is 3.44. The summed E-state index contributed by atoms with van der Waals surface area (Å²) in [7, 11) is 3.97. The minimum Gasteiger partial charge on any atom is -0.345 e. The second-order valence-corrected chi connectivity index (χ2v) is 6.51. The van der Waals surface area contributed by atoms with Crippen LogP contribution in [0.25, 0.3) is 0 Å². The fraction of sp³-hybridized carbons (Fsp3) is 0.600. The molecule has 1 spiro atoms. The molecule has 1 aromatic rings. The van der Waals surface area contributed by atoms with Crippen molar-refractivity contribution in [2.45, 2.75) is 31.7 Å². The Bertz CT molecular complexity index is 574. The normalized spacial score (nSPS) is 27.0. The number of aryl methyl sites for hydroxylation is 1. The Morgan fingerprint density at radius 2 is 2.00 bits per heavy atom. The van der Waals surface area contributed by atoms with Crippen LogP contribution < -0.4 is 0 Å². The smallest absolute Gasteiger partial charge is 0.234 e. The molecule has 3 rings (SSSR count). The summed E-state index contributed by atoms with van der Waals surface area (Å²) in [5.74, 6) is 0.196. The number of carbonyl (C=O) groups excluding carboxylic acids is 1. The number of nitrogens with zero attached hydrogens (tertiary/aromatic N) is 3. The molecular weight excluding hydrogens is 274 g/mol. The van der Waals surface area contributed by atoms with Crippen LogP contribution in [0, 0.1) is 6.92 Å². The van der Waals surface area contributed by atoms with Crippen molar-refractivity contribution < 1.29 is 4.79 Å². The monoisotopic (exact) mass is 293 g/mol. The lowest BCUT2D eigenvalue weighted by Crippen LogP contribution is -2.38. The summed E-state index contributed by atoms with van der Waals surface area (Å²) in [6, 6.07) is 2.10. The first-order valence-electron chi connectivity index (χ1n) is 7.05. The number of hydrogen-bond donors (Lipinski definition) is 0. The van der Waals surface area contributed by atoms with Gasteiger partial charge < -0.3 is 9.80 Å². The SMILES string of the molecule is Cc1cc2c(nc1Cl)[C@]1(CCN(C)C2)CCN(C)C1=O.